The maximum absolute atomic E-state index is 12.2. The number of amides is 1. The Labute approximate surface area is 170 Å². The van der Waals surface area contributed by atoms with Gasteiger partial charge in [0.2, 0.25) is 5.91 Å². The maximum atomic E-state index is 12.2. The molecule has 0 saturated heterocycles. The van der Waals surface area contributed by atoms with Crippen LogP contribution in [0.5, 0.6) is 5.75 Å². The number of nitrogens with zero attached hydrogens (tertiary/aromatic N) is 2. The molecule has 0 aliphatic carbocycles. The van der Waals surface area contributed by atoms with E-state index in [4.69, 9.17) is 4.74 Å². The second-order valence-electron chi connectivity index (χ2n) is 6.81. The number of carbonyl (C=O) groups excluding carboxylic acids is 1. The third-order valence-electron chi connectivity index (χ3n) is 4.70. The van der Waals surface area contributed by atoms with Gasteiger partial charge >= 0.3 is 0 Å². The number of carbonyl (C=O) groups is 1. The molecule has 2 aromatic carbocycles. The molecule has 0 unspecified atom stereocenters. The fourth-order valence-corrected chi connectivity index (χ4v) is 3.05. The number of aryl methyl sites for hydroxylation is 1. The number of nitrogens with one attached hydrogen (secondary N) is 1. The smallest absolute Gasteiger partial charge is 0.266 e. The average molecular weight is 391 g/mol. The molecule has 0 saturated carbocycles. The molecule has 1 amide bonds. The third-order valence-corrected chi connectivity index (χ3v) is 4.70. The standard InChI is InChI=1S/C23H25N3O3/c1-17(18-7-4-3-5-8-18)24-22(27)9-6-16-26-23(28)15-14-21(25-26)19-10-12-20(29-2)13-11-19/h3-5,7-8,10-15,17H,6,9,16H2,1-2H3,(H,24,27)/t17-/m1/s1. The van der Waals surface area contributed by atoms with Crippen LogP contribution in [0.25, 0.3) is 11.3 Å². The van der Waals surface area contributed by atoms with Crippen molar-refractivity contribution in [3.05, 3.63) is 82.6 Å². The second-order valence-corrected chi connectivity index (χ2v) is 6.81. The molecule has 0 bridgehead atoms. The SMILES string of the molecule is COc1ccc(-c2ccc(=O)n(CCCC(=O)N[C@H](C)c3ccccc3)n2)cc1. The minimum atomic E-state index is -0.180. The largest absolute Gasteiger partial charge is 0.497 e. The molecule has 0 fully saturated rings. The van der Waals surface area contributed by atoms with Crippen LogP contribution in [0.2, 0.25) is 0 Å². The average Bonchev–Trinajstić information content (AvgIpc) is 2.75. The topological polar surface area (TPSA) is 73.2 Å². The zero-order chi connectivity index (χ0) is 20.6. The van der Waals surface area contributed by atoms with Crippen molar-refractivity contribution < 1.29 is 9.53 Å². The van der Waals surface area contributed by atoms with Crippen molar-refractivity contribution in [3.63, 3.8) is 0 Å². The first-order valence-corrected chi connectivity index (χ1v) is 9.64. The van der Waals surface area contributed by atoms with Crippen molar-refractivity contribution in [3.8, 4) is 17.0 Å². The van der Waals surface area contributed by atoms with Crippen molar-refractivity contribution in [2.75, 3.05) is 7.11 Å². The number of aromatic nitrogens is 2. The summed E-state index contributed by atoms with van der Waals surface area (Å²) >= 11 is 0. The van der Waals surface area contributed by atoms with E-state index in [2.05, 4.69) is 10.4 Å². The van der Waals surface area contributed by atoms with E-state index in [1.807, 2.05) is 61.5 Å². The number of benzene rings is 2. The summed E-state index contributed by atoms with van der Waals surface area (Å²) in [5.41, 5.74) is 2.48. The Bertz CT molecular complexity index is 998. The van der Waals surface area contributed by atoms with Gasteiger partial charge in [-0.2, -0.15) is 5.10 Å². The van der Waals surface area contributed by atoms with E-state index in [0.29, 0.717) is 25.1 Å². The molecule has 6 nitrogen and oxygen atoms in total. The zero-order valence-electron chi connectivity index (χ0n) is 16.7. The van der Waals surface area contributed by atoms with E-state index >= 15 is 0 Å². The summed E-state index contributed by atoms with van der Waals surface area (Å²) in [6.07, 6.45) is 0.865. The minimum absolute atomic E-state index is 0.0410. The highest BCUT2D eigenvalue weighted by Gasteiger charge is 2.10. The Morgan fingerprint density at radius 2 is 1.79 bits per heavy atom. The summed E-state index contributed by atoms with van der Waals surface area (Å²) in [6.45, 7) is 2.34. The molecule has 3 aromatic rings. The summed E-state index contributed by atoms with van der Waals surface area (Å²) in [5.74, 6) is 0.721. The van der Waals surface area contributed by atoms with Crippen molar-refractivity contribution in [1.82, 2.24) is 15.1 Å². The highest BCUT2D eigenvalue weighted by atomic mass is 16.5. The summed E-state index contributed by atoms with van der Waals surface area (Å²) in [4.78, 5) is 24.3. The first-order valence-electron chi connectivity index (χ1n) is 9.64. The molecule has 6 heteroatoms. The summed E-state index contributed by atoms with van der Waals surface area (Å²) in [5, 5.41) is 7.42. The molecule has 1 heterocycles. The fraction of sp³-hybridized carbons (Fsp3) is 0.261. The van der Waals surface area contributed by atoms with Gasteiger partial charge in [-0.05, 0) is 49.2 Å². The van der Waals surface area contributed by atoms with Crippen molar-refractivity contribution >= 4 is 5.91 Å². The lowest BCUT2D eigenvalue weighted by atomic mass is 10.1. The number of rotatable bonds is 8. The zero-order valence-corrected chi connectivity index (χ0v) is 16.7. The van der Waals surface area contributed by atoms with Crippen LogP contribution in [-0.4, -0.2) is 22.8 Å². The van der Waals surface area contributed by atoms with Gasteiger partial charge in [0.15, 0.2) is 0 Å². The van der Waals surface area contributed by atoms with Gasteiger partial charge in [0.05, 0.1) is 18.8 Å². The molecule has 0 radical (unpaired) electrons. The van der Waals surface area contributed by atoms with Crippen molar-refractivity contribution in [2.45, 2.75) is 32.4 Å². The van der Waals surface area contributed by atoms with Crippen LogP contribution in [0.15, 0.2) is 71.5 Å². The fourth-order valence-electron chi connectivity index (χ4n) is 3.05. The first kappa shape index (κ1) is 20.3. The quantitative estimate of drug-likeness (QED) is 0.637. The van der Waals surface area contributed by atoms with Gasteiger partial charge in [-0.1, -0.05) is 30.3 Å². The molecule has 29 heavy (non-hydrogen) atoms. The van der Waals surface area contributed by atoms with Crippen LogP contribution >= 0.6 is 0 Å². The van der Waals surface area contributed by atoms with Crippen LogP contribution < -0.4 is 15.6 Å². The Morgan fingerprint density at radius 3 is 2.48 bits per heavy atom. The van der Waals surface area contributed by atoms with Crippen molar-refractivity contribution in [1.29, 1.82) is 0 Å². The van der Waals surface area contributed by atoms with E-state index in [1.165, 1.54) is 10.7 Å². The number of hydrogen-bond acceptors (Lipinski definition) is 4. The van der Waals surface area contributed by atoms with Gasteiger partial charge in [0.1, 0.15) is 5.75 Å². The Balaban J connectivity index is 1.57. The molecule has 0 spiro atoms. The maximum Gasteiger partial charge on any atom is 0.266 e. The Hall–Kier alpha value is -3.41. The first-order chi connectivity index (χ1) is 14.1. The predicted molar refractivity (Wildman–Crippen MR) is 113 cm³/mol. The predicted octanol–water partition coefficient (Wildman–Crippen LogP) is 3.58. The lowest BCUT2D eigenvalue weighted by Gasteiger charge is -2.14. The molecule has 3 rings (SSSR count). The lowest BCUT2D eigenvalue weighted by molar-refractivity contribution is -0.121. The summed E-state index contributed by atoms with van der Waals surface area (Å²) < 4.78 is 6.58. The van der Waals surface area contributed by atoms with E-state index in [-0.39, 0.29) is 17.5 Å². The van der Waals surface area contributed by atoms with Gasteiger partial charge < -0.3 is 10.1 Å². The minimum Gasteiger partial charge on any atom is -0.497 e. The molecule has 0 aliphatic heterocycles. The normalized spacial score (nSPS) is 11.7. The van der Waals surface area contributed by atoms with Gasteiger partial charge in [-0.15, -0.1) is 0 Å². The van der Waals surface area contributed by atoms with Crippen molar-refractivity contribution in [2.24, 2.45) is 0 Å². The van der Waals surface area contributed by atoms with E-state index < -0.39 is 0 Å². The lowest BCUT2D eigenvalue weighted by Crippen LogP contribution is -2.27. The van der Waals surface area contributed by atoms with E-state index in [9.17, 15) is 9.59 Å². The van der Waals surface area contributed by atoms with Gasteiger partial charge in [0.25, 0.3) is 5.56 Å². The van der Waals surface area contributed by atoms with Crippen LogP contribution in [-0.2, 0) is 11.3 Å². The second kappa shape index (κ2) is 9.68. The van der Waals surface area contributed by atoms with Crippen LogP contribution in [0.4, 0.5) is 0 Å². The molecule has 150 valence electrons. The molecule has 0 aliphatic rings. The Kier molecular flexibility index (Phi) is 6.79. The number of methoxy groups -OCH3 is 1. The highest BCUT2D eigenvalue weighted by Crippen LogP contribution is 2.19. The van der Waals surface area contributed by atoms with Gasteiger partial charge in [0, 0.05) is 24.6 Å². The van der Waals surface area contributed by atoms with E-state index in [0.717, 1.165) is 16.9 Å². The Morgan fingerprint density at radius 1 is 1.07 bits per heavy atom. The molecular formula is C23H25N3O3. The number of hydrogen-bond donors (Lipinski definition) is 1. The summed E-state index contributed by atoms with van der Waals surface area (Å²) in [7, 11) is 1.62. The van der Waals surface area contributed by atoms with E-state index in [1.54, 1.807) is 13.2 Å². The summed E-state index contributed by atoms with van der Waals surface area (Å²) in [6, 6.07) is 20.5. The van der Waals surface area contributed by atoms with Crippen LogP contribution in [0.1, 0.15) is 31.4 Å². The van der Waals surface area contributed by atoms with Crippen LogP contribution in [0.3, 0.4) is 0 Å². The highest BCUT2D eigenvalue weighted by molar-refractivity contribution is 5.76. The van der Waals surface area contributed by atoms with Crippen LogP contribution in [0, 0.1) is 0 Å². The van der Waals surface area contributed by atoms with Gasteiger partial charge in [-0.3, -0.25) is 9.59 Å². The molecule has 1 atom stereocenters. The van der Waals surface area contributed by atoms with Gasteiger partial charge in [-0.25, -0.2) is 4.68 Å². The molecule has 1 aromatic heterocycles. The monoisotopic (exact) mass is 391 g/mol. The molecular weight excluding hydrogens is 366 g/mol. The molecule has 1 N–H and O–H groups in total. The number of ether oxygens (including phenoxy) is 1. The third kappa shape index (κ3) is 5.54.